The number of aliphatic imine (C=N–C) groups is 1. The Morgan fingerprint density at radius 3 is 2.62 bits per heavy atom. The third-order valence-electron chi connectivity index (χ3n) is 3.68. The van der Waals surface area contributed by atoms with Gasteiger partial charge >= 0.3 is 0 Å². The zero-order chi connectivity index (χ0) is 15.0. The van der Waals surface area contributed by atoms with Crippen molar-refractivity contribution in [3.05, 3.63) is 62.5 Å². The topological polar surface area (TPSA) is 41.6 Å². The molecule has 3 rings (SSSR count). The number of nitrogens with two attached hydrogens (primary N) is 1. The Kier molecular flexibility index (Phi) is 4.04. The molecular weight excluding hydrogens is 394 g/mol. The predicted octanol–water partition coefficient (Wildman–Crippen LogP) is 4.40. The zero-order valence-electron chi connectivity index (χ0n) is 11.6. The molecule has 1 aliphatic heterocycles. The van der Waals surface area contributed by atoms with Gasteiger partial charge < -0.3 is 10.6 Å². The molecule has 0 aromatic heterocycles. The molecule has 1 aliphatic rings. The second-order valence-corrected chi connectivity index (χ2v) is 6.75. The number of hydrogen-bond donors (Lipinski definition) is 1. The molecule has 0 bridgehead atoms. The zero-order valence-corrected chi connectivity index (χ0v) is 14.7. The van der Waals surface area contributed by atoms with E-state index in [1.54, 1.807) is 0 Å². The summed E-state index contributed by atoms with van der Waals surface area (Å²) in [5.74, 6) is 0.559. The van der Waals surface area contributed by atoms with Crippen LogP contribution in [0.5, 0.6) is 0 Å². The fourth-order valence-corrected chi connectivity index (χ4v) is 3.38. The first-order valence-electron chi connectivity index (χ1n) is 6.67. The van der Waals surface area contributed by atoms with Crippen LogP contribution in [0.3, 0.4) is 0 Å². The summed E-state index contributed by atoms with van der Waals surface area (Å²) in [6.45, 7) is 2.75. The summed E-state index contributed by atoms with van der Waals surface area (Å²) in [7, 11) is 0. The first-order chi connectivity index (χ1) is 10.1. The summed E-state index contributed by atoms with van der Waals surface area (Å²) >= 11 is 7.20. The molecule has 108 valence electrons. The first kappa shape index (κ1) is 14.6. The monoisotopic (exact) mass is 407 g/mol. The largest absolute Gasteiger partial charge is 0.369 e. The lowest BCUT2D eigenvalue weighted by Gasteiger charge is -2.27. The molecule has 1 atom stereocenters. The normalized spacial score (nSPS) is 18.0. The van der Waals surface area contributed by atoms with Gasteiger partial charge in [0.2, 0.25) is 0 Å². The second kappa shape index (κ2) is 5.81. The smallest absolute Gasteiger partial charge is 0.196 e. The predicted molar refractivity (Wildman–Crippen MR) is 94.7 cm³/mol. The molecule has 0 amide bonds. The lowest BCUT2D eigenvalue weighted by Crippen LogP contribution is -2.36. The van der Waals surface area contributed by atoms with E-state index in [1.165, 1.54) is 11.1 Å². The van der Waals surface area contributed by atoms with Crippen LogP contribution >= 0.6 is 31.9 Å². The van der Waals surface area contributed by atoms with Crippen molar-refractivity contribution in [2.24, 2.45) is 10.7 Å². The van der Waals surface area contributed by atoms with Gasteiger partial charge in [-0.05, 0) is 52.2 Å². The van der Waals surface area contributed by atoms with E-state index in [1.807, 2.05) is 24.3 Å². The highest BCUT2D eigenvalue weighted by Crippen LogP contribution is 2.36. The highest BCUT2D eigenvalue weighted by molar-refractivity contribution is 9.10. The van der Waals surface area contributed by atoms with Gasteiger partial charge in [-0.1, -0.05) is 40.2 Å². The molecule has 2 N–H and O–H groups in total. The molecule has 5 heteroatoms. The number of anilines is 1. The van der Waals surface area contributed by atoms with Crippen LogP contribution in [-0.2, 0) is 0 Å². The standard InChI is InChI=1S/C16H15Br2N3/c1-10-6-7-11(8-13(10)18)15-9-20-16(19)21(15)14-5-3-2-4-12(14)17/h2-8,15H,9H2,1H3,(H2,19,20). The summed E-state index contributed by atoms with van der Waals surface area (Å²) in [5.41, 5.74) is 9.58. The lowest BCUT2D eigenvalue weighted by atomic mass is 10.0. The molecule has 0 spiro atoms. The summed E-state index contributed by atoms with van der Waals surface area (Å²) in [6, 6.07) is 14.6. The van der Waals surface area contributed by atoms with Crippen molar-refractivity contribution in [2.45, 2.75) is 13.0 Å². The van der Waals surface area contributed by atoms with Gasteiger partial charge in [-0.15, -0.1) is 0 Å². The highest BCUT2D eigenvalue weighted by atomic mass is 79.9. The minimum absolute atomic E-state index is 0.126. The number of para-hydroxylation sites is 1. The van der Waals surface area contributed by atoms with Gasteiger partial charge in [-0.3, -0.25) is 4.99 Å². The van der Waals surface area contributed by atoms with E-state index in [4.69, 9.17) is 5.73 Å². The van der Waals surface area contributed by atoms with E-state index in [9.17, 15) is 0 Å². The van der Waals surface area contributed by atoms with Crippen LogP contribution < -0.4 is 10.6 Å². The summed E-state index contributed by atoms with van der Waals surface area (Å²) < 4.78 is 2.12. The Balaban J connectivity index is 2.03. The van der Waals surface area contributed by atoms with Crippen molar-refractivity contribution >= 4 is 43.5 Å². The fourth-order valence-electron chi connectivity index (χ4n) is 2.51. The summed E-state index contributed by atoms with van der Waals surface area (Å²) in [6.07, 6.45) is 0. The molecule has 2 aromatic rings. The Hall–Kier alpha value is -1.33. The Morgan fingerprint density at radius 1 is 1.14 bits per heavy atom. The molecule has 3 nitrogen and oxygen atoms in total. The quantitative estimate of drug-likeness (QED) is 0.800. The van der Waals surface area contributed by atoms with Gasteiger partial charge in [0.1, 0.15) is 0 Å². The average Bonchev–Trinajstić information content (AvgIpc) is 2.84. The Morgan fingerprint density at radius 2 is 1.90 bits per heavy atom. The molecule has 0 radical (unpaired) electrons. The lowest BCUT2D eigenvalue weighted by molar-refractivity contribution is 0.766. The van der Waals surface area contributed by atoms with E-state index in [2.05, 4.69) is 66.9 Å². The van der Waals surface area contributed by atoms with Gasteiger partial charge in [-0.25, -0.2) is 0 Å². The van der Waals surface area contributed by atoms with Crippen LogP contribution in [0.15, 0.2) is 56.4 Å². The van der Waals surface area contributed by atoms with E-state index in [0.717, 1.165) is 14.6 Å². The number of guanidine groups is 1. The van der Waals surface area contributed by atoms with Crippen molar-refractivity contribution in [3.8, 4) is 0 Å². The number of benzene rings is 2. The number of rotatable bonds is 2. The minimum Gasteiger partial charge on any atom is -0.369 e. The molecule has 2 aromatic carbocycles. The third kappa shape index (κ3) is 2.72. The first-order valence-corrected chi connectivity index (χ1v) is 8.26. The number of hydrogen-bond acceptors (Lipinski definition) is 3. The van der Waals surface area contributed by atoms with E-state index in [0.29, 0.717) is 12.5 Å². The maximum atomic E-state index is 6.12. The molecule has 0 aliphatic carbocycles. The molecule has 21 heavy (non-hydrogen) atoms. The Bertz CT molecular complexity index is 712. The number of halogens is 2. The van der Waals surface area contributed by atoms with Crippen molar-refractivity contribution in [1.82, 2.24) is 0 Å². The minimum atomic E-state index is 0.126. The van der Waals surface area contributed by atoms with E-state index in [-0.39, 0.29) is 6.04 Å². The van der Waals surface area contributed by atoms with Crippen molar-refractivity contribution in [3.63, 3.8) is 0 Å². The van der Waals surface area contributed by atoms with Crippen LogP contribution in [0.25, 0.3) is 0 Å². The maximum Gasteiger partial charge on any atom is 0.196 e. The van der Waals surface area contributed by atoms with Crippen LogP contribution in [0.1, 0.15) is 17.2 Å². The number of aryl methyl sites for hydroxylation is 1. The van der Waals surface area contributed by atoms with Crippen molar-refractivity contribution < 1.29 is 0 Å². The van der Waals surface area contributed by atoms with E-state index < -0.39 is 0 Å². The van der Waals surface area contributed by atoms with Gasteiger partial charge in [-0.2, -0.15) is 0 Å². The second-order valence-electron chi connectivity index (χ2n) is 5.04. The molecule has 0 fully saturated rings. The van der Waals surface area contributed by atoms with Crippen LogP contribution in [-0.4, -0.2) is 12.5 Å². The van der Waals surface area contributed by atoms with Crippen molar-refractivity contribution in [1.29, 1.82) is 0 Å². The van der Waals surface area contributed by atoms with Crippen molar-refractivity contribution in [2.75, 3.05) is 11.4 Å². The van der Waals surface area contributed by atoms with Gasteiger partial charge in [0.15, 0.2) is 5.96 Å². The fraction of sp³-hybridized carbons (Fsp3) is 0.188. The highest BCUT2D eigenvalue weighted by Gasteiger charge is 2.30. The SMILES string of the molecule is Cc1ccc(C2CN=C(N)N2c2ccccc2Br)cc1Br. The molecule has 0 saturated heterocycles. The summed E-state index contributed by atoms with van der Waals surface area (Å²) in [4.78, 5) is 6.51. The van der Waals surface area contributed by atoms with Gasteiger partial charge in [0.25, 0.3) is 0 Å². The molecular formula is C16H15Br2N3. The van der Waals surface area contributed by atoms with Crippen LogP contribution in [0.4, 0.5) is 5.69 Å². The molecule has 1 heterocycles. The van der Waals surface area contributed by atoms with Crippen LogP contribution in [0, 0.1) is 6.92 Å². The third-order valence-corrected chi connectivity index (χ3v) is 5.20. The maximum absolute atomic E-state index is 6.12. The number of nitrogens with zero attached hydrogens (tertiary/aromatic N) is 2. The molecule has 1 unspecified atom stereocenters. The van der Waals surface area contributed by atoms with Gasteiger partial charge in [0, 0.05) is 8.95 Å². The van der Waals surface area contributed by atoms with Gasteiger partial charge in [0.05, 0.1) is 18.3 Å². The van der Waals surface area contributed by atoms with Crippen LogP contribution in [0.2, 0.25) is 0 Å². The summed E-state index contributed by atoms with van der Waals surface area (Å²) in [5, 5.41) is 0. The Labute approximate surface area is 141 Å². The average molecular weight is 409 g/mol. The molecule has 0 saturated carbocycles. The van der Waals surface area contributed by atoms with E-state index >= 15 is 0 Å².